The van der Waals surface area contributed by atoms with Gasteiger partial charge in [0.1, 0.15) is 23.2 Å². The first-order valence-corrected chi connectivity index (χ1v) is 6.56. The first-order valence-electron chi connectivity index (χ1n) is 6.56. The van der Waals surface area contributed by atoms with E-state index < -0.39 is 0 Å². The average Bonchev–Trinajstić information content (AvgIpc) is 3.06. The minimum atomic E-state index is 0.440. The average molecular weight is 272 g/mol. The number of anilines is 1. The minimum absolute atomic E-state index is 0.440. The van der Waals surface area contributed by atoms with Crippen LogP contribution in [0.15, 0.2) is 35.1 Å². The van der Waals surface area contributed by atoms with Crippen LogP contribution in [0.5, 0.6) is 5.75 Å². The van der Waals surface area contributed by atoms with Crippen molar-refractivity contribution in [2.24, 2.45) is 0 Å². The van der Waals surface area contributed by atoms with E-state index >= 15 is 0 Å². The lowest BCUT2D eigenvalue weighted by molar-refractivity contribution is 0.320. The molecule has 0 aliphatic heterocycles. The van der Waals surface area contributed by atoms with Gasteiger partial charge in [-0.25, -0.2) is 4.98 Å². The number of aromatic nitrogens is 3. The van der Waals surface area contributed by atoms with Gasteiger partial charge in [0.25, 0.3) is 0 Å². The molecule has 0 saturated heterocycles. The van der Waals surface area contributed by atoms with E-state index in [-0.39, 0.29) is 0 Å². The molecular weight excluding hydrogens is 256 g/mol. The van der Waals surface area contributed by atoms with Crippen LogP contribution >= 0.6 is 0 Å². The van der Waals surface area contributed by atoms with Crippen molar-refractivity contribution in [1.29, 1.82) is 0 Å². The zero-order valence-electron chi connectivity index (χ0n) is 11.2. The molecule has 0 saturated carbocycles. The quantitative estimate of drug-likeness (QED) is 0.771. The summed E-state index contributed by atoms with van der Waals surface area (Å²) in [5.41, 5.74) is 8.52. The van der Waals surface area contributed by atoms with Gasteiger partial charge >= 0.3 is 0 Å². The topological polar surface area (TPSA) is 79.1 Å². The summed E-state index contributed by atoms with van der Waals surface area (Å²) >= 11 is 0. The molecule has 2 N–H and O–H groups in total. The van der Waals surface area contributed by atoms with Crippen molar-refractivity contribution in [2.45, 2.75) is 19.9 Å². The van der Waals surface area contributed by atoms with Crippen molar-refractivity contribution in [1.82, 2.24) is 14.7 Å². The molecule has 3 aromatic rings. The fourth-order valence-electron chi connectivity index (χ4n) is 2.12. The summed E-state index contributed by atoms with van der Waals surface area (Å²) in [6.45, 7) is 3.25. The van der Waals surface area contributed by atoms with Crippen molar-refractivity contribution in [3.8, 4) is 5.75 Å². The van der Waals surface area contributed by atoms with E-state index in [2.05, 4.69) is 17.1 Å². The van der Waals surface area contributed by atoms with Gasteiger partial charge in [0.15, 0.2) is 0 Å². The maximum Gasteiger partial charge on any atom is 0.201 e. The molecule has 6 heteroatoms. The highest BCUT2D eigenvalue weighted by molar-refractivity contribution is 5.84. The third-order valence-corrected chi connectivity index (χ3v) is 3.04. The van der Waals surface area contributed by atoms with E-state index in [1.165, 1.54) is 0 Å². The van der Waals surface area contributed by atoms with Crippen molar-refractivity contribution >= 4 is 17.0 Å². The smallest absolute Gasteiger partial charge is 0.201 e. The zero-order chi connectivity index (χ0) is 13.9. The number of hydrogen-bond donors (Lipinski definition) is 1. The van der Waals surface area contributed by atoms with Crippen LogP contribution in [0.1, 0.15) is 19.0 Å². The van der Waals surface area contributed by atoms with E-state index in [1.54, 1.807) is 6.26 Å². The van der Waals surface area contributed by atoms with Gasteiger partial charge in [-0.05, 0) is 18.6 Å². The van der Waals surface area contributed by atoms with Crippen LogP contribution in [0, 0.1) is 0 Å². The maximum atomic E-state index is 6.01. The van der Waals surface area contributed by atoms with Crippen LogP contribution in [0.4, 0.5) is 5.95 Å². The van der Waals surface area contributed by atoms with Gasteiger partial charge in [-0.2, -0.15) is 0 Å². The molecule has 2 aromatic heterocycles. The summed E-state index contributed by atoms with van der Waals surface area (Å²) in [6.07, 6.45) is 2.49. The van der Waals surface area contributed by atoms with Gasteiger partial charge in [-0.15, -0.1) is 0 Å². The molecule has 6 nitrogen and oxygen atoms in total. The summed E-state index contributed by atoms with van der Waals surface area (Å²) < 4.78 is 12.4. The Morgan fingerprint density at radius 1 is 1.35 bits per heavy atom. The molecule has 3 rings (SSSR count). The predicted octanol–water partition coefficient (Wildman–Crippen LogP) is 2.44. The minimum Gasteiger partial charge on any atom is -0.491 e. The Labute approximate surface area is 116 Å². The second kappa shape index (κ2) is 5.24. The van der Waals surface area contributed by atoms with Crippen LogP contribution in [-0.4, -0.2) is 21.3 Å². The predicted molar refractivity (Wildman–Crippen MR) is 75.5 cm³/mol. The van der Waals surface area contributed by atoms with Gasteiger partial charge in [0, 0.05) is 6.07 Å². The van der Waals surface area contributed by atoms with Crippen LogP contribution in [0.2, 0.25) is 0 Å². The van der Waals surface area contributed by atoms with Crippen LogP contribution in [0.3, 0.4) is 0 Å². The van der Waals surface area contributed by atoms with Gasteiger partial charge in [0.2, 0.25) is 5.95 Å². The molecule has 104 valence electrons. The number of imidazole rings is 1. The first-order chi connectivity index (χ1) is 9.79. The number of para-hydroxylation sites is 1. The van der Waals surface area contributed by atoms with Crippen molar-refractivity contribution in [3.63, 3.8) is 0 Å². The molecule has 0 unspecified atom stereocenters. The highest BCUT2D eigenvalue weighted by atomic mass is 16.5. The van der Waals surface area contributed by atoms with E-state index in [4.69, 9.17) is 15.0 Å². The molecule has 1 aromatic carbocycles. The van der Waals surface area contributed by atoms with Gasteiger partial charge in [-0.1, -0.05) is 18.1 Å². The zero-order valence-corrected chi connectivity index (χ0v) is 11.2. The molecule has 2 heterocycles. The van der Waals surface area contributed by atoms with Crippen molar-refractivity contribution in [3.05, 3.63) is 36.2 Å². The summed E-state index contributed by atoms with van der Waals surface area (Å²) in [7, 11) is 0. The van der Waals surface area contributed by atoms with Gasteiger partial charge in [-0.3, -0.25) is 0 Å². The van der Waals surface area contributed by atoms with Crippen molar-refractivity contribution in [2.75, 3.05) is 12.3 Å². The Morgan fingerprint density at radius 3 is 3.00 bits per heavy atom. The van der Waals surface area contributed by atoms with Crippen molar-refractivity contribution < 1.29 is 9.26 Å². The lowest BCUT2D eigenvalue weighted by atomic mass is 10.3. The number of fused-ring (bicyclic) bond motifs is 1. The molecular formula is C14H16N4O2. The third kappa shape index (κ3) is 2.20. The Balaban J connectivity index is 2.02. The van der Waals surface area contributed by atoms with Crippen LogP contribution in [0.25, 0.3) is 11.0 Å². The molecule has 20 heavy (non-hydrogen) atoms. The van der Waals surface area contributed by atoms with Gasteiger partial charge < -0.3 is 19.6 Å². The first kappa shape index (κ1) is 12.5. The van der Waals surface area contributed by atoms with Crippen LogP contribution < -0.4 is 10.5 Å². The Morgan fingerprint density at radius 2 is 2.25 bits per heavy atom. The van der Waals surface area contributed by atoms with E-state index in [9.17, 15) is 0 Å². The van der Waals surface area contributed by atoms with E-state index in [1.807, 2.05) is 28.8 Å². The fourth-order valence-corrected chi connectivity index (χ4v) is 2.12. The number of nitrogens with zero attached hydrogens (tertiary/aromatic N) is 3. The number of ether oxygens (including phenoxy) is 1. The van der Waals surface area contributed by atoms with E-state index in [0.717, 1.165) is 28.9 Å². The molecule has 0 amide bonds. The Hall–Kier alpha value is -2.50. The summed E-state index contributed by atoms with van der Waals surface area (Å²) in [6, 6.07) is 7.62. The maximum absolute atomic E-state index is 6.01. The second-order valence-electron chi connectivity index (χ2n) is 4.52. The lowest BCUT2D eigenvalue weighted by Gasteiger charge is -2.06. The number of nitrogen functional groups attached to an aromatic ring is 1. The molecule has 0 spiro atoms. The van der Waals surface area contributed by atoms with E-state index in [0.29, 0.717) is 19.1 Å². The monoisotopic (exact) mass is 272 g/mol. The Bertz CT molecular complexity index is 703. The molecule has 0 aliphatic carbocycles. The third-order valence-electron chi connectivity index (χ3n) is 3.04. The molecule has 0 fully saturated rings. The molecule has 0 radical (unpaired) electrons. The standard InChI is InChI=1S/C14H16N4O2/c1-2-7-19-12-5-3-4-11-13(12)16-14(15)18(11)9-10-6-8-20-17-10/h3-6,8H,2,7,9H2,1H3,(H2,15,16). The largest absolute Gasteiger partial charge is 0.491 e. The number of benzene rings is 1. The molecule has 0 bridgehead atoms. The molecule has 0 aliphatic rings. The number of nitrogens with two attached hydrogens (primary N) is 1. The second-order valence-corrected chi connectivity index (χ2v) is 4.52. The summed E-state index contributed by atoms with van der Waals surface area (Å²) in [4.78, 5) is 4.40. The summed E-state index contributed by atoms with van der Waals surface area (Å²) in [5.74, 6) is 1.20. The Kier molecular flexibility index (Phi) is 3.28. The van der Waals surface area contributed by atoms with Gasteiger partial charge in [0.05, 0.1) is 18.7 Å². The number of rotatable bonds is 5. The normalized spacial score (nSPS) is 11.1. The fraction of sp³-hybridized carbons (Fsp3) is 0.286. The summed E-state index contributed by atoms with van der Waals surface area (Å²) in [5, 5.41) is 3.90. The highest BCUT2D eigenvalue weighted by Gasteiger charge is 2.13. The lowest BCUT2D eigenvalue weighted by Crippen LogP contribution is -2.04. The molecule has 0 atom stereocenters. The van der Waals surface area contributed by atoms with Crippen LogP contribution in [-0.2, 0) is 6.54 Å². The highest BCUT2D eigenvalue weighted by Crippen LogP contribution is 2.27. The SMILES string of the molecule is CCCOc1cccc2c1nc(N)n2Cc1ccon1. The number of hydrogen-bond acceptors (Lipinski definition) is 5.